The lowest BCUT2D eigenvalue weighted by atomic mass is 10.1. The number of aromatic nitrogens is 3. The van der Waals surface area contributed by atoms with Gasteiger partial charge in [0, 0.05) is 25.4 Å². The molecule has 6 heteroatoms. The van der Waals surface area contributed by atoms with Gasteiger partial charge in [-0.3, -0.25) is 4.68 Å². The summed E-state index contributed by atoms with van der Waals surface area (Å²) in [7, 11) is 3.49. The molecule has 0 fully saturated rings. The van der Waals surface area contributed by atoms with Crippen LogP contribution < -0.4 is 0 Å². The molecule has 6 nitrogen and oxygen atoms in total. The van der Waals surface area contributed by atoms with Crippen molar-refractivity contribution < 1.29 is 15.0 Å². The van der Waals surface area contributed by atoms with Gasteiger partial charge < -0.3 is 14.8 Å². The first-order chi connectivity index (χ1) is 9.91. The maximum Gasteiger partial charge on any atom is 0.354 e. The van der Waals surface area contributed by atoms with Gasteiger partial charge in [-0.25, -0.2) is 4.79 Å². The van der Waals surface area contributed by atoms with Crippen molar-refractivity contribution in [2.24, 2.45) is 14.1 Å². The molecule has 0 saturated heterocycles. The Hall–Kier alpha value is -2.76. The fourth-order valence-electron chi connectivity index (χ4n) is 2.70. The zero-order chi connectivity index (χ0) is 15.3. The van der Waals surface area contributed by atoms with Gasteiger partial charge in [0.05, 0.1) is 16.6 Å². The Morgan fingerprint density at radius 3 is 2.62 bits per heavy atom. The molecule has 0 unspecified atom stereocenters. The number of aromatic carboxylic acids is 1. The third-order valence-electron chi connectivity index (χ3n) is 3.85. The number of aryl methyl sites for hydroxylation is 2. The number of phenols is 1. The highest BCUT2D eigenvalue weighted by Gasteiger charge is 2.21. The summed E-state index contributed by atoms with van der Waals surface area (Å²) < 4.78 is 3.29. The van der Waals surface area contributed by atoms with Gasteiger partial charge in [0.15, 0.2) is 0 Å². The quantitative estimate of drug-likeness (QED) is 0.757. The van der Waals surface area contributed by atoms with Crippen molar-refractivity contribution in [2.75, 3.05) is 0 Å². The smallest absolute Gasteiger partial charge is 0.354 e. The molecule has 1 aromatic carbocycles. The van der Waals surface area contributed by atoms with E-state index in [4.69, 9.17) is 5.11 Å². The average molecular weight is 285 g/mol. The minimum Gasteiger partial charge on any atom is -0.507 e. The Bertz CT molecular complexity index is 874. The number of fused-ring (bicyclic) bond motifs is 1. The average Bonchev–Trinajstić information content (AvgIpc) is 2.92. The van der Waals surface area contributed by atoms with Crippen molar-refractivity contribution in [3.63, 3.8) is 0 Å². The standard InChI is InChI=1S/C15H15N3O3/c1-8-13(9-7-11(15(20)21)18(3)16-9)14-10(17(8)2)5-4-6-12(14)19/h4-7,19H,1-3H3,(H,20,21). The van der Waals surface area contributed by atoms with E-state index in [2.05, 4.69) is 5.10 Å². The molecule has 0 bridgehead atoms. The molecule has 0 spiro atoms. The summed E-state index contributed by atoms with van der Waals surface area (Å²) in [5.41, 5.74) is 3.21. The molecule has 21 heavy (non-hydrogen) atoms. The summed E-state index contributed by atoms with van der Waals surface area (Å²) in [5, 5.41) is 24.3. The van der Waals surface area contributed by atoms with Gasteiger partial charge >= 0.3 is 5.97 Å². The summed E-state index contributed by atoms with van der Waals surface area (Å²) in [4.78, 5) is 11.2. The van der Waals surface area contributed by atoms with Gasteiger partial charge in [0.25, 0.3) is 0 Å². The van der Waals surface area contributed by atoms with Crippen LogP contribution in [-0.2, 0) is 14.1 Å². The van der Waals surface area contributed by atoms with Crippen LogP contribution in [0.5, 0.6) is 5.75 Å². The molecule has 0 aliphatic heterocycles. The van der Waals surface area contributed by atoms with E-state index in [9.17, 15) is 9.90 Å². The van der Waals surface area contributed by atoms with Crippen LogP contribution in [0, 0.1) is 6.92 Å². The van der Waals surface area contributed by atoms with Gasteiger partial charge in [0.2, 0.25) is 0 Å². The van der Waals surface area contributed by atoms with Crippen LogP contribution in [0.1, 0.15) is 16.2 Å². The lowest BCUT2D eigenvalue weighted by molar-refractivity contribution is 0.0685. The highest BCUT2D eigenvalue weighted by molar-refractivity contribution is 6.02. The number of rotatable bonds is 2. The third kappa shape index (κ3) is 1.79. The third-order valence-corrected chi connectivity index (χ3v) is 3.85. The van der Waals surface area contributed by atoms with Crippen LogP contribution in [0.15, 0.2) is 24.3 Å². The zero-order valence-electron chi connectivity index (χ0n) is 12.0. The Labute approximate surface area is 120 Å². The van der Waals surface area contributed by atoms with Crippen LogP contribution in [-0.4, -0.2) is 30.5 Å². The molecule has 3 rings (SSSR count). The fraction of sp³-hybridized carbons (Fsp3) is 0.200. The molecule has 0 aliphatic carbocycles. The van der Waals surface area contributed by atoms with Crippen molar-refractivity contribution in [1.29, 1.82) is 0 Å². The molecule has 2 heterocycles. The van der Waals surface area contributed by atoms with E-state index in [1.165, 1.54) is 10.7 Å². The molecular formula is C15H15N3O3. The van der Waals surface area contributed by atoms with Crippen molar-refractivity contribution in [2.45, 2.75) is 6.92 Å². The zero-order valence-corrected chi connectivity index (χ0v) is 12.0. The van der Waals surface area contributed by atoms with Gasteiger partial charge in [-0.2, -0.15) is 5.10 Å². The summed E-state index contributed by atoms with van der Waals surface area (Å²) >= 11 is 0. The molecule has 3 aromatic rings. The van der Waals surface area contributed by atoms with E-state index in [0.29, 0.717) is 11.1 Å². The second-order valence-electron chi connectivity index (χ2n) is 5.03. The van der Waals surface area contributed by atoms with E-state index in [1.54, 1.807) is 19.2 Å². The van der Waals surface area contributed by atoms with Gasteiger partial charge in [-0.1, -0.05) is 6.07 Å². The van der Waals surface area contributed by atoms with Crippen molar-refractivity contribution >= 4 is 16.9 Å². The number of aromatic hydroxyl groups is 1. The highest BCUT2D eigenvalue weighted by atomic mass is 16.4. The van der Waals surface area contributed by atoms with E-state index in [0.717, 1.165) is 16.8 Å². The van der Waals surface area contributed by atoms with Crippen LogP contribution >= 0.6 is 0 Å². The molecule has 0 aliphatic rings. The Kier molecular flexibility index (Phi) is 2.76. The molecule has 2 aromatic heterocycles. The van der Waals surface area contributed by atoms with E-state index in [1.807, 2.05) is 24.6 Å². The molecule has 108 valence electrons. The van der Waals surface area contributed by atoms with Gasteiger partial charge in [-0.15, -0.1) is 0 Å². The first kappa shape index (κ1) is 13.2. The SMILES string of the molecule is Cc1c(-c2cc(C(=O)O)n(C)n2)c2c(O)cccc2n1C. The molecule has 2 N–H and O–H groups in total. The minimum absolute atomic E-state index is 0.108. The normalized spacial score (nSPS) is 11.2. The predicted molar refractivity (Wildman–Crippen MR) is 78.5 cm³/mol. The molecular weight excluding hydrogens is 270 g/mol. The molecule has 0 atom stereocenters. The van der Waals surface area contributed by atoms with Crippen LogP contribution in [0.4, 0.5) is 0 Å². The fourth-order valence-corrected chi connectivity index (χ4v) is 2.70. The highest BCUT2D eigenvalue weighted by Crippen LogP contribution is 2.38. The Morgan fingerprint density at radius 2 is 2.00 bits per heavy atom. The Morgan fingerprint density at radius 1 is 1.29 bits per heavy atom. The number of phenolic OH excluding ortho intramolecular Hbond substituents is 1. The Balaban J connectivity index is 2.38. The monoisotopic (exact) mass is 285 g/mol. The number of hydrogen-bond donors (Lipinski definition) is 2. The minimum atomic E-state index is -1.03. The summed E-state index contributed by atoms with van der Waals surface area (Å²) in [6, 6.07) is 6.83. The number of nitrogens with zero attached hydrogens (tertiary/aromatic N) is 3. The van der Waals surface area contributed by atoms with Crippen molar-refractivity contribution in [1.82, 2.24) is 14.3 Å². The summed E-state index contributed by atoms with van der Waals surface area (Å²) in [6.45, 7) is 1.92. The number of hydrogen-bond acceptors (Lipinski definition) is 3. The van der Waals surface area contributed by atoms with E-state index >= 15 is 0 Å². The number of carbonyl (C=O) groups is 1. The van der Waals surface area contributed by atoms with Gasteiger partial charge in [0.1, 0.15) is 11.4 Å². The number of carboxylic acid groups (broad SMARTS) is 1. The lowest BCUT2D eigenvalue weighted by Gasteiger charge is -1.99. The number of benzene rings is 1. The van der Waals surface area contributed by atoms with Crippen LogP contribution in [0.3, 0.4) is 0 Å². The van der Waals surface area contributed by atoms with E-state index < -0.39 is 5.97 Å². The maximum atomic E-state index is 11.2. The maximum absolute atomic E-state index is 11.2. The van der Waals surface area contributed by atoms with Crippen molar-refractivity contribution in [3.8, 4) is 17.0 Å². The van der Waals surface area contributed by atoms with E-state index in [-0.39, 0.29) is 11.4 Å². The van der Waals surface area contributed by atoms with Crippen LogP contribution in [0.25, 0.3) is 22.2 Å². The molecule has 0 amide bonds. The molecule has 0 saturated carbocycles. The van der Waals surface area contributed by atoms with Crippen LogP contribution in [0.2, 0.25) is 0 Å². The largest absolute Gasteiger partial charge is 0.507 e. The lowest BCUT2D eigenvalue weighted by Crippen LogP contribution is -2.04. The predicted octanol–water partition coefficient (Wildman–Crippen LogP) is 2.29. The second kappa shape index (κ2) is 4.37. The summed E-state index contributed by atoms with van der Waals surface area (Å²) in [5.74, 6) is -0.868. The molecule has 0 radical (unpaired) electrons. The number of carboxylic acids is 1. The summed E-state index contributed by atoms with van der Waals surface area (Å²) in [6.07, 6.45) is 0. The first-order valence-corrected chi connectivity index (χ1v) is 6.46. The second-order valence-corrected chi connectivity index (χ2v) is 5.03. The first-order valence-electron chi connectivity index (χ1n) is 6.46. The van der Waals surface area contributed by atoms with Crippen molar-refractivity contribution in [3.05, 3.63) is 35.7 Å². The van der Waals surface area contributed by atoms with Gasteiger partial charge in [-0.05, 0) is 25.1 Å². The topological polar surface area (TPSA) is 80.3 Å².